The Morgan fingerprint density at radius 2 is 2.43 bits per heavy atom. The third-order valence-electron chi connectivity index (χ3n) is 0.680. The van der Waals surface area contributed by atoms with Gasteiger partial charge in [-0.1, -0.05) is 0 Å². The van der Waals surface area contributed by atoms with Gasteiger partial charge in [0.05, 0.1) is 6.61 Å². The van der Waals surface area contributed by atoms with Crippen molar-refractivity contribution < 1.29 is 5.11 Å². The van der Waals surface area contributed by atoms with Crippen molar-refractivity contribution in [1.29, 1.82) is 0 Å². The second kappa shape index (κ2) is 4.05. The van der Waals surface area contributed by atoms with E-state index in [2.05, 4.69) is 5.32 Å². The largest absolute Gasteiger partial charge is 0.325 e. The van der Waals surface area contributed by atoms with Crippen molar-refractivity contribution in [2.75, 3.05) is 20.2 Å². The molecule has 3 heteroatoms. The van der Waals surface area contributed by atoms with Gasteiger partial charge in [0.25, 0.3) is 0 Å². The van der Waals surface area contributed by atoms with Crippen LogP contribution in [-0.2, 0) is 5.11 Å². The van der Waals surface area contributed by atoms with Crippen LogP contribution >= 0.6 is 0 Å². The molecule has 0 heterocycles. The van der Waals surface area contributed by atoms with Crippen LogP contribution in [0, 0.1) is 0 Å². The summed E-state index contributed by atoms with van der Waals surface area (Å²) in [6.07, 6.45) is 0. The molecule has 0 aromatic rings. The van der Waals surface area contributed by atoms with E-state index in [-0.39, 0.29) is 12.6 Å². The summed E-state index contributed by atoms with van der Waals surface area (Å²) < 4.78 is 0. The SMILES string of the molecule is CNCC(N)C[O]. The topological polar surface area (TPSA) is 57.9 Å². The minimum absolute atomic E-state index is 0.194. The van der Waals surface area contributed by atoms with Crippen LogP contribution in [0.2, 0.25) is 0 Å². The summed E-state index contributed by atoms with van der Waals surface area (Å²) in [5.74, 6) is 0. The van der Waals surface area contributed by atoms with Crippen LogP contribution in [0.15, 0.2) is 0 Å². The van der Waals surface area contributed by atoms with E-state index >= 15 is 0 Å². The lowest BCUT2D eigenvalue weighted by Crippen LogP contribution is -2.34. The molecule has 0 bridgehead atoms. The predicted octanol–water partition coefficient (Wildman–Crippen LogP) is -1.04. The number of nitrogens with two attached hydrogens (primary N) is 1. The molecule has 1 atom stereocenters. The maximum Gasteiger partial charge on any atom is 0.0985 e. The van der Waals surface area contributed by atoms with E-state index < -0.39 is 0 Å². The Labute approximate surface area is 43.5 Å². The highest BCUT2D eigenvalue weighted by Gasteiger charge is 1.95. The Morgan fingerprint density at radius 3 is 2.57 bits per heavy atom. The van der Waals surface area contributed by atoms with Gasteiger partial charge < -0.3 is 11.1 Å². The summed E-state index contributed by atoms with van der Waals surface area (Å²) in [5.41, 5.74) is 5.21. The van der Waals surface area contributed by atoms with Crippen LogP contribution < -0.4 is 11.1 Å². The van der Waals surface area contributed by atoms with Crippen LogP contribution in [0.1, 0.15) is 0 Å². The average molecular weight is 103 g/mol. The fraction of sp³-hybridized carbons (Fsp3) is 1.00. The van der Waals surface area contributed by atoms with Crippen LogP contribution in [0.4, 0.5) is 0 Å². The quantitative estimate of drug-likeness (QED) is 0.479. The Kier molecular flexibility index (Phi) is 3.98. The van der Waals surface area contributed by atoms with E-state index in [0.29, 0.717) is 6.54 Å². The molecule has 43 valence electrons. The first-order chi connectivity index (χ1) is 3.31. The second-order valence-electron chi connectivity index (χ2n) is 1.48. The van der Waals surface area contributed by atoms with Crippen LogP contribution in [0.25, 0.3) is 0 Å². The van der Waals surface area contributed by atoms with Crippen molar-refractivity contribution in [3.05, 3.63) is 0 Å². The highest BCUT2D eigenvalue weighted by Crippen LogP contribution is 1.68. The molecule has 0 aromatic carbocycles. The maximum absolute atomic E-state index is 9.85. The molecule has 7 heavy (non-hydrogen) atoms. The number of hydrogen-bond donors (Lipinski definition) is 2. The van der Waals surface area contributed by atoms with Gasteiger partial charge in [-0.05, 0) is 7.05 Å². The summed E-state index contributed by atoms with van der Waals surface area (Å²) in [4.78, 5) is 0. The summed E-state index contributed by atoms with van der Waals surface area (Å²) in [5, 5.41) is 12.6. The first-order valence-corrected chi connectivity index (χ1v) is 2.29. The van der Waals surface area contributed by atoms with E-state index in [9.17, 15) is 5.11 Å². The molecule has 0 spiro atoms. The molecule has 0 aromatic heterocycles. The normalized spacial score (nSPS) is 14.1. The molecule has 0 saturated carbocycles. The molecule has 3 nitrogen and oxygen atoms in total. The molecular weight excluding hydrogens is 92.1 g/mol. The van der Waals surface area contributed by atoms with Crippen LogP contribution in [0.3, 0.4) is 0 Å². The number of hydrogen-bond acceptors (Lipinski definition) is 2. The zero-order valence-corrected chi connectivity index (χ0v) is 4.48. The molecule has 0 aliphatic heterocycles. The minimum Gasteiger partial charge on any atom is -0.325 e. The summed E-state index contributed by atoms with van der Waals surface area (Å²) >= 11 is 0. The molecule has 1 unspecified atom stereocenters. The van der Waals surface area contributed by atoms with Gasteiger partial charge in [-0.15, -0.1) is 0 Å². The molecule has 0 amide bonds. The van der Waals surface area contributed by atoms with E-state index in [1.165, 1.54) is 0 Å². The zero-order valence-electron chi connectivity index (χ0n) is 4.48. The second-order valence-corrected chi connectivity index (χ2v) is 1.48. The van der Waals surface area contributed by atoms with Gasteiger partial charge in [-0.2, -0.15) is 0 Å². The smallest absolute Gasteiger partial charge is 0.0985 e. The fourth-order valence-electron chi connectivity index (χ4n) is 0.321. The number of rotatable bonds is 3. The van der Waals surface area contributed by atoms with Gasteiger partial charge in [-0.3, -0.25) is 0 Å². The zero-order chi connectivity index (χ0) is 5.70. The van der Waals surface area contributed by atoms with Crippen LogP contribution in [0.5, 0.6) is 0 Å². The van der Waals surface area contributed by atoms with Crippen LogP contribution in [-0.4, -0.2) is 26.2 Å². The number of nitrogens with one attached hydrogen (secondary N) is 1. The van der Waals surface area contributed by atoms with Crippen molar-refractivity contribution in [3.63, 3.8) is 0 Å². The van der Waals surface area contributed by atoms with Crippen molar-refractivity contribution in [3.8, 4) is 0 Å². The fourth-order valence-corrected chi connectivity index (χ4v) is 0.321. The Bertz CT molecular complexity index is 40.7. The Morgan fingerprint density at radius 1 is 1.86 bits per heavy atom. The predicted molar refractivity (Wildman–Crippen MR) is 27.5 cm³/mol. The third-order valence-corrected chi connectivity index (χ3v) is 0.680. The lowest BCUT2D eigenvalue weighted by atomic mass is 10.3. The molecule has 0 aliphatic carbocycles. The molecule has 3 N–H and O–H groups in total. The third kappa shape index (κ3) is 3.72. The van der Waals surface area contributed by atoms with Gasteiger partial charge in [0.1, 0.15) is 0 Å². The molecular formula is C4H11N2O. The first-order valence-electron chi connectivity index (χ1n) is 2.29. The van der Waals surface area contributed by atoms with Gasteiger partial charge in [0, 0.05) is 12.6 Å². The summed E-state index contributed by atoms with van der Waals surface area (Å²) in [6, 6.07) is -0.218. The Balaban J connectivity index is 2.83. The highest BCUT2D eigenvalue weighted by atomic mass is 16.3. The summed E-state index contributed by atoms with van der Waals surface area (Å²) in [6.45, 7) is 0.421. The summed E-state index contributed by atoms with van der Waals surface area (Å²) in [7, 11) is 1.77. The van der Waals surface area contributed by atoms with Crippen molar-refractivity contribution >= 4 is 0 Å². The minimum atomic E-state index is -0.218. The highest BCUT2D eigenvalue weighted by molar-refractivity contribution is 4.58. The lowest BCUT2D eigenvalue weighted by molar-refractivity contribution is 0.172. The monoisotopic (exact) mass is 103 g/mol. The van der Waals surface area contributed by atoms with E-state index in [4.69, 9.17) is 5.73 Å². The van der Waals surface area contributed by atoms with Gasteiger partial charge in [-0.25, -0.2) is 5.11 Å². The lowest BCUT2D eigenvalue weighted by Gasteiger charge is -2.02. The standard InChI is InChI=1S/C4H11N2O/c1-6-2-4(5)3-7/h4,6H,2-3,5H2,1H3. The maximum atomic E-state index is 9.85. The molecule has 0 saturated heterocycles. The molecule has 0 rings (SSSR count). The van der Waals surface area contributed by atoms with Gasteiger partial charge in [0.15, 0.2) is 0 Å². The van der Waals surface area contributed by atoms with Crippen molar-refractivity contribution in [2.45, 2.75) is 6.04 Å². The van der Waals surface area contributed by atoms with Crippen molar-refractivity contribution in [1.82, 2.24) is 5.32 Å². The number of likely N-dealkylation sites (N-methyl/N-ethyl adjacent to an activating group) is 1. The molecule has 1 radical (unpaired) electrons. The van der Waals surface area contributed by atoms with E-state index in [0.717, 1.165) is 0 Å². The van der Waals surface area contributed by atoms with Gasteiger partial charge in [0.2, 0.25) is 0 Å². The molecule has 0 aliphatic rings. The van der Waals surface area contributed by atoms with E-state index in [1.807, 2.05) is 0 Å². The first kappa shape index (κ1) is 6.88. The average Bonchev–Trinajstić information content (AvgIpc) is 1.68. The Hall–Kier alpha value is -0.120. The van der Waals surface area contributed by atoms with Gasteiger partial charge >= 0.3 is 0 Å². The van der Waals surface area contributed by atoms with Crippen molar-refractivity contribution in [2.24, 2.45) is 5.73 Å². The molecule has 0 fully saturated rings. The van der Waals surface area contributed by atoms with E-state index in [1.54, 1.807) is 7.05 Å².